The average molecular weight is 523 g/mol. The Morgan fingerprint density at radius 2 is 1.95 bits per heavy atom. The number of carbonyl (C=O) groups is 2. The highest BCUT2D eigenvalue weighted by atomic mass is 19.4. The second kappa shape index (κ2) is 11.6. The number of hydrogen-bond acceptors (Lipinski definition) is 6. The number of nitrogens with zero attached hydrogens (tertiary/aromatic N) is 2. The molecule has 0 aliphatic carbocycles. The summed E-state index contributed by atoms with van der Waals surface area (Å²) < 4.78 is 52.9. The fraction of sp³-hybridized carbons (Fsp3) is 0.333. The molecule has 2 amide bonds. The minimum absolute atomic E-state index is 0.0799. The molecule has 200 valence electrons. The summed E-state index contributed by atoms with van der Waals surface area (Å²) in [5, 5.41) is 12.4. The van der Waals surface area contributed by atoms with Crippen LogP contribution in [0.4, 0.5) is 18.0 Å². The molecule has 0 aliphatic heterocycles. The predicted molar refractivity (Wildman–Crippen MR) is 130 cm³/mol. The Morgan fingerprint density at radius 3 is 2.51 bits per heavy atom. The van der Waals surface area contributed by atoms with E-state index in [1.807, 2.05) is 0 Å². The van der Waals surface area contributed by atoms with E-state index in [9.17, 15) is 22.8 Å². The van der Waals surface area contributed by atoms with Crippen LogP contribution in [0.2, 0.25) is 0 Å². The average Bonchev–Trinajstić information content (AvgIpc) is 3.09. The minimum Gasteiger partial charge on any atom is -0.444 e. The first-order valence-electron chi connectivity index (χ1n) is 11.0. The molecule has 0 aliphatic rings. The Hall–Kier alpha value is -4.29. The van der Waals surface area contributed by atoms with Crippen molar-refractivity contribution in [2.75, 3.05) is 0 Å². The third kappa shape index (κ3) is 9.02. The van der Waals surface area contributed by atoms with Crippen LogP contribution in [0.5, 0.6) is 5.88 Å². The van der Waals surface area contributed by atoms with Crippen LogP contribution in [-0.2, 0) is 28.8 Å². The molecule has 37 heavy (non-hydrogen) atoms. The molecule has 0 aromatic carbocycles. The van der Waals surface area contributed by atoms with E-state index in [4.69, 9.17) is 20.6 Å². The normalized spacial score (nSPS) is 12.7. The van der Waals surface area contributed by atoms with Gasteiger partial charge in [-0.05, 0) is 51.5 Å². The number of alkyl carbamates (subject to hydrolysis) is 1. The molecule has 13 heteroatoms. The Labute approximate surface area is 211 Å². The number of carbonyl (C=O) groups excluding carboxylic acids is 2. The zero-order chi connectivity index (χ0) is 28.0. The van der Waals surface area contributed by atoms with E-state index in [1.165, 1.54) is 22.9 Å². The van der Waals surface area contributed by atoms with Gasteiger partial charge in [-0.3, -0.25) is 15.5 Å². The van der Waals surface area contributed by atoms with Gasteiger partial charge in [0.05, 0.1) is 0 Å². The van der Waals surface area contributed by atoms with E-state index in [0.717, 1.165) is 6.07 Å². The minimum atomic E-state index is -4.77. The van der Waals surface area contributed by atoms with Crippen molar-refractivity contribution in [3.05, 3.63) is 58.4 Å². The van der Waals surface area contributed by atoms with Gasteiger partial charge in [0, 0.05) is 29.4 Å². The van der Waals surface area contributed by atoms with E-state index >= 15 is 0 Å². The zero-order valence-electron chi connectivity index (χ0n) is 20.8. The van der Waals surface area contributed by atoms with Gasteiger partial charge in [0.15, 0.2) is 5.96 Å². The van der Waals surface area contributed by atoms with Crippen LogP contribution in [0.25, 0.3) is 12.3 Å². The number of pyridine rings is 1. The molecule has 0 unspecified atom stereocenters. The summed E-state index contributed by atoms with van der Waals surface area (Å²) in [6, 6.07) is 3.63. The number of guanidine groups is 1. The van der Waals surface area contributed by atoms with Gasteiger partial charge in [-0.15, -0.1) is 0 Å². The van der Waals surface area contributed by atoms with Crippen molar-refractivity contribution in [3.63, 3.8) is 0 Å². The van der Waals surface area contributed by atoms with E-state index in [2.05, 4.69) is 22.2 Å². The van der Waals surface area contributed by atoms with Crippen LogP contribution in [0.15, 0.2) is 36.5 Å². The number of nitrogens with one attached hydrogen (secondary N) is 3. The molecule has 0 saturated heterocycles. The third-order valence-corrected chi connectivity index (χ3v) is 4.45. The highest BCUT2D eigenvalue weighted by Crippen LogP contribution is 2.30. The van der Waals surface area contributed by atoms with Crippen LogP contribution in [-0.4, -0.2) is 33.1 Å². The summed E-state index contributed by atoms with van der Waals surface area (Å²) >= 11 is 0. The fourth-order valence-corrected chi connectivity index (χ4v) is 3.01. The highest BCUT2D eigenvalue weighted by molar-refractivity contribution is 5.94. The maximum absolute atomic E-state index is 13.5. The van der Waals surface area contributed by atoms with Crippen LogP contribution in [0.1, 0.15) is 39.0 Å². The lowest BCUT2D eigenvalue weighted by Gasteiger charge is -2.20. The van der Waals surface area contributed by atoms with Gasteiger partial charge >= 0.3 is 12.3 Å². The predicted octanol–water partition coefficient (Wildman–Crippen LogP) is 2.11. The van der Waals surface area contributed by atoms with Crippen LogP contribution >= 0.6 is 0 Å². The maximum Gasteiger partial charge on any atom is 0.433 e. The smallest absolute Gasteiger partial charge is 0.433 e. The summed E-state index contributed by atoms with van der Waals surface area (Å²) in [6.07, 6.45) is -0.929. The van der Waals surface area contributed by atoms with E-state index in [-0.39, 0.29) is 30.3 Å². The Morgan fingerprint density at radius 1 is 1.27 bits per heavy atom. The van der Waals surface area contributed by atoms with E-state index in [0.29, 0.717) is 10.6 Å². The Kier molecular flexibility index (Phi) is 9.10. The largest absolute Gasteiger partial charge is 0.444 e. The van der Waals surface area contributed by atoms with Crippen LogP contribution in [0, 0.1) is 5.41 Å². The van der Waals surface area contributed by atoms with E-state index in [1.54, 1.807) is 39.8 Å². The number of nitrogens with two attached hydrogens (primary N) is 1. The molecule has 0 spiro atoms. The number of amides is 2. The number of halogens is 3. The number of rotatable bonds is 7. The molecular weight excluding hydrogens is 493 g/mol. The van der Waals surface area contributed by atoms with Gasteiger partial charge < -0.3 is 25.1 Å². The topological polar surface area (TPSA) is 144 Å². The first-order valence-corrected chi connectivity index (χ1v) is 11.0. The highest BCUT2D eigenvalue weighted by Gasteiger charge is 2.33. The van der Waals surface area contributed by atoms with Crippen LogP contribution < -0.4 is 31.7 Å². The van der Waals surface area contributed by atoms with E-state index < -0.39 is 35.4 Å². The Bertz CT molecular complexity index is 1310. The maximum atomic E-state index is 13.5. The molecular formula is C24H29F3N6O4. The SMILES string of the molecule is C=c1/c(=C(\C=C/C)Oc2cc(CNC(=O)OC(C)(C)C)cc(C(F)(F)F)n2)ccn1CC(=O)NC(=N)N. The number of aromatic nitrogens is 2. The second-order valence-corrected chi connectivity index (χ2v) is 8.78. The van der Waals surface area contributed by atoms with Crippen molar-refractivity contribution >= 4 is 30.3 Å². The van der Waals surface area contributed by atoms with Crippen molar-refractivity contribution in [2.24, 2.45) is 5.73 Å². The number of hydrogen-bond donors (Lipinski definition) is 4. The second-order valence-electron chi connectivity index (χ2n) is 8.78. The number of alkyl halides is 3. The lowest BCUT2D eigenvalue weighted by molar-refractivity contribution is -0.141. The quantitative estimate of drug-likeness (QED) is 0.324. The third-order valence-electron chi connectivity index (χ3n) is 4.45. The molecule has 0 radical (unpaired) electrons. The number of allylic oxidation sites excluding steroid dienone is 1. The summed E-state index contributed by atoms with van der Waals surface area (Å²) in [7, 11) is 0. The summed E-state index contributed by atoms with van der Waals surface area (Å²) in [5.41, 5.74) is 3.25. The Balaban J connectivity index is 2.44. The van der Waals surface area contributed by atoms with Gasteiger partial charge in [-0.2, -0.15) is 13.2 Å². The van der Waals surface area contributed by atoms with Crippen molar-refractivity contribution in [2.45, 2.75) is 52.6 Å². The van der Waals surface area contributed by atoms with Crippen molar-refractivity contribution < 1.29 is 32.2 Å². The molecule has 2 heterocycles. The van der Waals surface area contributed by atoms with Gasteiger partial charge in [-0.25, -0.2) is 9.78 Å². The summed E-state index contributed by atoms with van der Waals surface area (Å²) in [4.78, 5) is 27.5. The summed E-state index contributed by atoms with van der Waals surface area (Å²) in [6.45, 7) is 10.1. The molecule has 2 aromatic heterocycles. The number of ether oxygens (including phenoxy) is 2. The standard InChI is InChI=1S/C24H29F3N6O4/c1-6-7-17(16-8-9-33(14(16)2)13-19(34)32-21(28)29)36-20-11-15(10-18(31-20)24(25,26)27)12-30-22(35)37-23(3,4)5/h6-11H,2,12-13H2,1,3-5H3,(H,30,35)(H4,28,29,32,34)/b7-6-,17-16+. The fourth-order valence-electron chi connectivity index (χ4n) is 3.01. The van der Waals surface area contributed by atoms with Crippen LogP contribution in [0.3, 0.4) is 0 Å². The summed E-state index contributed by atoms with van der Waals surface area (Å²) in [5.74, 6) is -1.32. The molecule has 0 fully saturated rings. The van der Waals surface area contributed by atoms with Gasteiger partial charge in [0.25, 0.3) is 0 Å². The molecule has 5 N–H and O–H groups in total. The molecule has 0 saturated carbocycles. The van der Waals surface area contributed by atoms with Crippen molar-refractivity contribution in [1.29, 1.82) is 5.41 Å². The first-order chi connectivity index (χ1) is 17.1. The lowest BCUT2D eigenvalue weighted by Crippen LogP contribution is -2.40. The zero-order valence-corrected chi connectivity index (χ0v) is 20.8. The van der Waals surface area contributed by atoms with Crippen molar-refractivity contribution in [3.8, 4) is 5.88 Å². The monoisotopic (exact) mass is 522 g/mol. The first kappa shape index (κ1) is 28.9. The molecule has 0 atom stereocenters. The molecule has 2 rings (SSSR count). The molecule has 2 aromatic rings. The van der Waals surface area contributed by atoms with Gasteiger partial charge in [-0.1, -0.05) is 12.7 Å². The lowest BCUT2D eigenvalue weighted by atomic mass is 10.2. The van der Waals surface area contributed by atoms with Gasteiger partial charge in [0.2, 0.25) is 11.8 Å². The molecule has 0 bridgehead atoms. The van der Waals surface area contributed by atoms with Gasteiger partial charge in [0.1, 0.15) is 23.6 Å². The molecule has 10 nitrogen and oxygen atoms in total. The van der Waals surface area contributed by atoms with Crippen molar-refractivity contribution in [1.82, 2.24) is 20.2 Å².